The molecule has 1 unspecified atom stereocenters. The minimum Gasteiger partial charge on any atom is -0.481 e. The molecule has 0 aliphatic heterocycles. The van der Waals surface area contributed by atoms with Crippen molar-refractivity contribution in [2.24, 2.45) is 5.92 Å². The standard InChI is InChI=1S/C33H60O4/c1-3-5-6-7-8-9-10-11-12-13-14-15-16-17-18-19-20-21-22-23-24-25-26-27-28-31(33(35)36)30-32(34)37-29-4-2/h4,23-24,31H,2-3,5-22,25-30H2,1H3,(H,35,36)/b24-23+. The third-order valence-corrected chi connectivity index (χ3v) is 7.19. The van der Waals surface area contributed by atoms with Crippen molar-refractivity contribution in [1.82, 2.24) is 0 Å². The van der Waals surface area contributed by atoms with Gasteiger partial charge in [0, 0.05) is 0 Å². The van der Waals surface area contributed by atoms with E-state index in [0.717, 1.165) is 25.7 Å². The van der Waals surface area contributed by atoms with Crippen molar-refractivity contribution in [3.63, 3.8) is 0 Å². The van der Waals surface area contributed by atoms with Crippen LogP contribution in [0, 0.1) is 5.92 Å². The quantitative estimate of drug-likeness (QED) is 0.0605. The molecule has 0 spiro atoms. The lowest BCUT2D eigenvalue weighted by atomic mass is 9.98. The minimum atomic E-state index is -0.917. The first kappa shape index (κ1) is 35.4. The topological polar surface area (TPSA) is 63.6 Å². The Labute approximate surface area is 229 Å². The van der Waals surface area contributed by atoms with Crippen molar-refractivity contribution >= 4 is 11.9 Å². The lowest BCUT2D eigenvalue weighted by molar-refractivity contribution is -0.151. The van der Waals surface area contributed by atoms with Crippen molar-refractivity contribution in [1.29, 1.82) is 0 Å². The summed E-state index contributed by atoms with van der Waals surface area (Å²) in [5.41, 5.74) is 0. The van der Waals surface area contributed by atoms with Crippen LogP contribution in [0.2, 0.25) is 0 Å². The van der Waals surface area contributed by atoms with Gasteiger partial charge >= 0.3 is 11.9 Å². The van der Waals surface area contributed by atoms with Crippen LogP contribution < -0.4 is 0 Å². The molecule has 0 saturated heterocycles. The van der Waals surface area contributed by atoms with Gasteiger partial charge in [0.1, 0.15) is 6.61 Å². The number of hydrogen-bond donors (Lipinski definition) is 1. The van der Waals surface area contributed by atoms with E-state index in [2.05, 4.69) is 25.7 Å². The summed E-state index contributed by atoms with van der Waals surface area (Å²) in [6, 6.07) is 0. The fourth-order valence-corrected chi connectivity index (χ4v) is 4.78. The lowest BCUT2D eigenvalue weighted by Crippen LogP contribution is -2.19. The van der Waals surface area contributed by atoms with Crippen LogP contribution in [0.4, 0.5) is 0 Å². The second-order valence-electron chi connectivity index (χ2n) is 10.8. The highest BCUT2D eigenvalue weighted by Crippen LogP contribution is 2.17. The number of carboxylic acid groups (broad SMARTS) is 1. The van der Waals surface area contributed by atoms with E-state index in [1.807, 2.05) is 0 Å². The van der Waals surface area contributed by atoms with Crippen LogP contribution in [0.1, 0.15) is 161 Å². The Balaban J connectivity index is 3.37. The molecule has 0 radical (unpaired) electrons. The third-order valence-electron chi connectivity index (χ3n) is 7.19. The molecule has 0 aliphatic carbocycles. The highest BCUT2D eigenvalue weighted by atomic mass is 16.5. The maximum Gasteiger partial charge on any atom is 0.307 e. The fraction of sp³-hybridized carbons (Fsp3) is 0.818. The molecule has 0 aliphatic rings. The molecule has 4 nitrogen and oxygen atoms in total. The summed E-state index contributed by atoms with van der Waals surface area (Å²) in [6.45, 7) is 5.91. The van der Waals surface area contributed by atoms with Crippen molar-refractivity contribution in [3.8, 4) is 0 Å². The van der Waals surface area contributed by atoms with E-state index in [-0.39, 0.29) is 13.0 Å². The zero-order valence-corrected chi connectivity index (χ0v) is 24.4. The van der Waals surface area contributed by atoms with Gasteiger partial charge in [-0.1, -0.05) is 147 Å². The Hall–Kier alpha value is -1.58. The molecule has 0 aromatic heterocycles. The van der Waals surface area contributed by atoms with Crippen molar-refractivity contribution in [2.45, 2.75) is 161 Å². The zero-order valence-electron chi connectivity index (χ0n) is 24.4. The van der Waals surface area contributed by atoms with Gasteiger partial charge in [-0.25, -0.2) is 0 Å². The third kappa shape index (κ3) is 27.3. The summed E-state index contributed by atoms with van der Waals surface area (Å²) in [7, 11) is 0. The van der Waals surface area contributed by atoms with Gasteiger partial charge in [0.05, 0.1) is 12.3 Å². The highest BCUT2D eigenvalue weighted by Gasteiger charge is 2.21. The molecule has 0 fully saturated rings. The number of carbonyl (C=O) groups excluding carboxylic acids is 1. The van der Waals surface area contributed by atoms with Crippen LogP contribution >= 0.6 is 0 Å². The van der Waals surface area contributed by atoms with Crippen LogP contribution in [-0.4, -0.2) is 23.7 Å². The van der Waals surface area contributed by atoms with Gasteiger partial charge in [0.25, 0.3) is 0 Å². The average molecular weight is 521 g/mol. The molecular formula is C33H60O4. The summed E-state index contributed by atoms with van der Waals surface area (Å²) in [5.74, 6) is -2.03. The fourth-order valence-electron chi connectivity index (χ4n) is 4.78. The molecular weight excluding hydrogens is 460 g/mol. The molecule has 37 heavy (non-hydrogen) atoms. The number of allylic oxidation sites excluding steroid dienone is 2. The summed E-state index contributed by atoms with van der Waals surface area (Å²) >= 11 is 0. The van der Waals surface area contributed by atoms with Crippen LogP contribution in [0.5, 0.6) is 0 Å². The first-order chi connectivity index (χ1) is 18.1. The molecule has 1 atom stereocenters. The first-order valence-corrected chi connectivity index (χ1v) is 15.8. The zero-order chi connectivity index (χ0) is 27.2. The normalized spacial score (nSPS) is 12.1. The summed E-state index contributed by atoms with van der Waals surface area (Å²) in [6.07, 6.45) is 35.7. The van der Waals surface area contributed by atoms with E-state index in [0.29, 0.717) is 6.42 Å². The maximum absolute atomic E-state index is 11.6. The molecule has 1 N–H and O–H groups in total. The average Bonchev–Trinajstić information content (AvgIpc) is 2.89. The predicted octanol–water partition coefficient (Wildman–Crippen LogP) is 10.4. The summed E-state index contributed by atoms with van der Waals surface area (Å²) in [5, 5.41) is 9.29. The van der Waals surface area contributed by atoms with Crippen LogP contribution in [0.25, 0.3) is 0 Å². The Morgan fingerprint density at radius 3 is 1.49 bits per heavy atom. The van der Waals surface area contributed by atoms with E-state index < -0.39 is 17.9 Å². The molecule has 0 heterocycles. The maximum atomic E-state index is 11.6. The number of carboxylic acids is 1. The Morgan fingerprint density at radius 2 is 1.08 bits per heavy atom. The molecule has 0 bridgehead atoms. The predicted molar refractivity (Wildman–Crippen MR) is 158 cm³/mol. The molecule has 216 valence electrons. The number of hydrogen-bond acceptors (Lipinski definition) is 3. The van der Waals surface area contributed by atoms with Crippen molar-refractivity contribution in [3.05, 3.63) is 24.8 Å². The summed E-state index contributed by atoms with van der Waals surface area (Å²) < 4.78 is 4.90. The highest BCUT2D eigenvalue weighted by molar-refractivity contribution is 5.78. The molecule has 0 aromatic rings. The van der Waals surface area contributed by atoms with Gasteiger partial charge in [0.15, 0.2) is 0 Å². The Morgan fingerprint density at radius 1 is 0.676 bits per heavy atom. The molecule has 0 saturated carbocycles. The van der Waals surface area contributed by atoms with Crippen LogP contribution in [0.3, 0.4) is 0 Å². The van der Waals surface area contributed by atoms with Gasteiger partial charge in [-0.3, -0.25) is 9.59 Å². The monoisotopic (exact) mass is 520 g/mol. The molecule has 4 heteroatoms. The number of unbranched alkanes of at least 4 members (excludes halogenated alkanes) is 20. The van der Waals surface area contributed by atoms with Gasteiger partial charge < -0.3 is 9.84 Å². The second kappa shape index (κ2) is 29.0. The van der Waals surface area contributed by atoms with Gasteiger partial charge in [-0.2, -0.15) is 0 Å². The molecule has 0 aromatic carbocycles. The minimum absolute atomic E-state index is 0.0572. The largest absolute Gasteiger partial charge is 0.481 e. The van der Waals surface area contributed by atoms with Crippen LogP contribution in [-0.2, 0) is 14.3 Å². The van der Waals surface area contributed by atoms with E-state index in [9.17, 15) is 14.7 Å². The van der Waals surface area contributed by atoms with E-state index in [1.165, 1.54) is 122 Å². The van der Waals surface area contributed by atoms with Crippen LogP contribution in [0.15, 0.2) is 24.8 Å². The van der Waals surface area contributed by atoms with E-state index >= 15 is 0 Å². The number of esters is 1. The Bertz CT molecular complexity index is 555. The van der Waals surface area contributed by atoms with Crippen molar-refractivity contribution in [2.75, 3.05) is 6.61 Å². The second-order valence-corrected chi connectivity index (χ2v) is 10.8. The van der Waals surface area contributed by atoms with Gasteiger partial charge in [-0.15, -0.1) is 0 Å². The van der Waals surface area contributed by atoms with Crippen molar-refractivity contribution < 1.29 is 19.4 Å². The molecule has 0 amide bonds. The van der Waals surface area contributed by atoms with E-state index in [4.69, 9.17) is 4.74 Å². The molecule has 0 rings (SSSR count). The summed E-state index contributed by atoms with van der Waals surface area (Å²) in [4.78, 5) is 22.9. The Kier molecular flexibility index (Phi) is 27.7. The number of carbonyl (C=O) groups is 2. The number of ether oxygens (including phenoxy) is 1. The lowest BCUT2D eigenvalue weighted by Gasteiger charge is -2.11. The number of rotatable bonds is 29. The number of aliphatic carboxylic acids is 1. The van der Waals surface area contributed by atoms with E-state index in [1.54, 1.807) is 0 Å². The SMILES string of the molecule is C=CCOC(=O)CC(CCCC/C=C/CCCCCCCCCCCCCCCCCCCC)C(=O)O. The first-order valence-electron chi connectivity index (χ1n) is 15.8. The van der Waals surface area contributed by atoms with Gasteiger partial charge in [-0.05, 0) is 32.1 Å². The van der Waals surface area contributed by atoms with Gasteiger partial charge in [0.2, 0.25) is 0 Å². The smallest absolute Gasteiger partial charge is 0.307 e.